The van der Waals surface area contributed by atoms with E-state index in [1.54, 1.807) is 6.92 Å². The van der Waals surface area contributed by atoms with Crippen molar-refractivity contribution < 1.29 is 19.7 Å². The first-order valence-electron chi connectivity index (χ1n) is 10.8. The van der Waals surface area contributed by atoms with Gasteiger partial charge in [0.2, 0.25) is 0 Å². The Kier molecular flexibility index (Phi) is 12.6. The number of benzene rings is 1. The summed E-state index contributed by atoms with van der Waals surface area (Å²) in [4.78, 5) is 15.3. The first-order chi connectivity index (χ1) is 14.8. The zero-order valence-electron chi connectivity index (χ0n) is 18.7. The summed E-state index contributed by atoms with van der Waals surface area (Å²) in [5, 5.41) is 24.9. The number of aliphatic hydroxyl groups excluding tert-OH is 2. The van der Waals surface area contributed by atoms with Gasteiger partial charge < -0.3 is 14.9 Å². The van der Waals surface area contributed by atoms with E-state index in [1.807, 2.05) is 44.2 Å². The van der Waals surface area contributed by atoms with E-state index in [9.17, 15) is 15.0 Å². The quantitative estimate of drug-likeness (QED) is 0.187. The number of rotatable bonds is 15. The fourth-order valence-electron chi connectivity index (χ4n) is 3.53. The van der Waals surface area contributed by atoms with Gasteiger partial charge in [-0.05, 0) is 35.8 Å². The molecule has 0 spiro atoms. The number of hydrogen-bond acceptors (Lipinski definition) is 5. The van der Waals surface area contributed by atoms with Crippen LogP contribution in [0.3, 0.4) is 0 Å². The van der Waals surface area contributed by atoms with E-state index < -0.39 is 18.3 Å². The molecule has 0 aliphatic rings. The Hall–Kier alpha value is -2.36. The summed E-state index contributed by atoms with van der Waals surface area (Å²) in [6.45, 7) is 6.27. The predicted octanol–water partition coefficient (Wildman–Crippen LogP) is 4.27. The van der Waals surface area contributed by atoms with Crippen LogP contribution in [0.25, 0.3) is 10.4 Å². The molecule has 0 fully saturated rings. The molecule has 0 aliphatic carbocycles. The molecule has 0 heterocycles. The second kappa shape index (κ2) is 14.6. The highest BCUT2D eigenvalue weighted by Gasteiger charge is 2.31. The van der Waals surface area contributed by atoms with Crippen molar-refractivity contribution >= 4 is 5.78 Å². The normalized spacial score (nSPS) is 16.8. The van der Waals surface area contributed by atoms with Gasteiger partial charge in [-0.15, -0.1) is 12.3 Å². The first kappa shape index (κ1) is 26.7. The van der Waals surface area contributed by atoms with Crippen molar-refractivity contribution in [3.8, 4) is 12.3 Å². The largest absolute Gasteiger partial charge is 0.390 e. The molecular weight excluding hydrogens is 394 g/mol. The van der Waals surface area contributed by atoms with Crippen LogP contribution in [0.1, 0.15) is 52.0 Å². The number of terminal acetylenes is 1. The SMILES string of the molecule is C#CC[C@H](C)C[C@@H](OCc1ccccc1)[C@H](O)[C@@H](O)CC(=O)[C@H](C)C[C@H](C)CN=[N+]=[N-]. The molecule has 7 nitrogen and oxygen atoms in total. The number of nitrogens with zero attached hydrogens (tertiary/aromatic N) is 3. The summed E-state index contributed by atoms with van der Waals surface area (Å²) in [5.41, 5.74) is 9.37. The van der Waals surface area contributed by atoms with Crippen LogP contribution in [0.15, 0.2) is 35.4 Å². The lowest BCUT2D eigenvalue weighted by atomic mass is 9.88. The summed E-state index contributed by atoms with van der Waals surface area (Å²) >= 11 is 0. The number of ether oxygens (including phenoxy) is 1. The van der Waals surface area contributed by atoms with Crippen molar-refractivity contribution in [1.29, 1.82) is 0 Å². The third-order valence-electron chi connectivity index (χ3n) is 5.36. The van der Waals surface area contributed by atoms with Crippen LogP contribution in [0, 0.1) is 30.1 Å². The van der Waals surface area contributed by atoms with Crippen LogP contribution in [0.4, 0.5) is 0 Å². The average molecular weight is 430 g/mol. The Morgan fingerprint density at radius 1 is 1.19 bits per heavy atom. The molecule has 6 atom stereocenters. The molecule has 0 amide bonds. The molecule has 0 bridgehead atoms. The fraction of sp³-hybridized carbons (Fsp3) is 0.625. The summed E-state index contributed by atoms with van der Waals surface area (Å²) < 4.78 is 5.94. The second-order valence-electron chi connectivity index (χ2n) is 8.47. The molecule has 170 valence electrons. The van der Waals surface area contributed by atoms with Gasteiger partial charge in [0.25, 0.3) is 0 Å². The summed E-state index contributed by atoms with van der Waals surface area (Å²) in [7, 11) is 0. The Morgan fingerprint density at radius 3 is 2.48 bits per heavy atom. The molecule has 31 heavy (non-hydrogen) atoms. The Morgan fingerprint density at radius 2 is 1.87 bits per heavy atom. The van der Waals surface area contributed by atoms with E-state index in [0.29, 0.717) is 32.4 Å². The lowest BCUT2D eigenvalue weighted by Crippen LogP contribution is -2.41. The molecule has 0 unspecified atom stereocenters. The predicted molar refractivity (Wildman–Crippen MR) is 121 cm³/mol. The van der Waals surface area contributed by atoms with Crippen LogP contribution in [0.5, 0.6) is 0 Å². The number of aliphatic hydroxyl groups is 2. The molecule has 1 rings (SSSR count). The van der Waals surface area contributed by atoms with Gasteiger partial charge in [-0.3, -0.25) is 4.79 Å². The van der Waals surface area contributed by atoms with Crippen molar-refractivity contribution in [1.82, 2.24) is 0 Å². The zero-order chi connectivity index (χ0) is 23.2. The second-order valence-corrected chi connectivity index (χ2v) is 8.47. The Labute approximate surface area is 185 Å². The lowest BCUT2D eigenvalue weighted by Gasteiger charge is -2.29. The van der Waals surface area contributed by atoms with Crippen LogP contribution in [-0.2, 0) is 16.1 Å². The average Bonchev–Trinajstić information content (AvgIpc) is 2.75. The van der Waals surface area contributed by atoms with Crippen molar-refractivity contribution in [3.63, 3.8) is 0 Å². The van der Waals surface area contributed by atoms with Gasteiger partial charge in [-0.2, -0.15) is 0 Å². The van der Waals surface area contributed by atoms with E-state index in [0.717, 1.165) is 5.56 Å². The van der Waals surface area contributed by atoms with E-state index in [2.05, 4.69) is 15.9 Å². The Balaban J connectivity index is 2.72. The van der Waals surface area contributed by atoms with E-state index in [4.69, 9.17) is 16.7 Å². The third kappa shape index (κ3) is 10.5. The van der Waals surface area contributed by atoms with Crippen molar-refractivity contribution in [3.05, 3.63) is 46.3 Å². The van der Waals surface area contributed by atoms with Crippen LogP contribution < -0.4 is 0 Å². The molecule has 0 aliphatic heterocycles. The van der Waals surface area contributed by atoms with Crippen molar-refractivity contribution in [2.24, 2.45) is 22.9 Å². The maximum absolute atomic E-state index is 12.6. The Bertz CT molecular complexity index is 743. The molecule has 0 saturated heterocycles. The molecular formula is C24H35N3O4. The van der Waals surface area contributed by atoms with Crippen LogP contribution >= 0.6 is 0 Å². The molecule has 0 aromatic heterocycles. The van der Waals surface area contributed by atoms with E-state index in [-0.39, 0.29) is 30.0 Å². The molecule has 7 heteroatoms. The third-order valence-corrected chi connectivity index (χ3v) is 5.36. The van der Waals surface area contributed by atoms with Gasteiger partial charge in [0, 0.05) is 30.2 Å². The zero-order valence-corrected chi connectivity index (χ0v) is 18.7. The number of carbonyl (C=O) groups excluding carboxylic acids is 1. The number of Topliss-reactive ketones (excluding diaryl/α,β-unsaturated/α-hetero) is 1. The molecule has 1 aromatic rings. The summed E-state index contributed by atoms with van der Waals surface area (Å²) in [5.74, 6) is 2.32. The lowest BCUT2D eigenvalue weighted by molar-refractivity contribution is -0.132. The first-order valence-corrected chi connectivity index (χ1v) is 10.8. The fourth-order valence-corrected chi connectivity index (χ4v) is 3.53. The molecule has 0 radical (unpaired) electrons. The number of hydrogen-bond donors (Lipinski definition) is 2. The highest BCUT2D eigenvalue weighted by Crippen LogP contribution is 2.22. The number of carbonyl (C=O) groups is 1. The monoisotopic (exact) mass is 429 g/mol. The smallest absolute Gasteiger partial charge is 0.138 e. The van der Waals surface area contributed by atoms with Gasteiger partial charge in [0.15, 0.2) is 0 Å². The number of azide groups is 1. The van der Waals surface area contributed by atoms with E-state index in [1.165, 1.54) is 0 Å². The van der Waals surface area contributed by atoms with Crippen molar-refractivity contribution in [2.45, 2.75) is 71.4 Å². The minimum absolute atomic E-state index is 0.0588. The minimum Gasteiger partial charge on any atom is -0.390 e. The molecule has 2 N–H and O–H groups in total. The van der Waals surface area contributed by atoms with Gasteiger partial charge in [-0.1, -0.05) is 56.2 Å². The van der Waals surface area contributed by atoms with Gasteiger partial charge >= 0.3 is 0 Å². The number of ketones is 1. The van der Waals surface area contributed by atoms with Crippen molar-refractivity contribution in [2.75, 3.05) is 6.54 Å². The van der Waals surface area contributed by atoms with Gasteiger partial charge in [0.1, 0.15) is 11.9 Å². The summed E-state index contributed by atoms with van der Waals surface area (Å²) in [6, 6.07) is 9.57. The summed E-state index contributed by atoms with van der Waals surface area (Å²) in [6.07, 6.45) is 3.71. The highest BCUT2D eigenvalue weighted by molar-refractivity contribution is 5.81. The van der Waals surface area contributed by atoms with E-state index >= 15 is 0 Å². The molecule has 0 saturated carbocycles. The standard InChI is InChI=1S/C24H35N3O4/c1-5-9-17(2)13-23(31-16-20-10-7-6-8-11-20)24(30)22(29)14-21(28)19(4)12-18(3)15-26-27-25/h1,6-8,10-11,17-19,22-24,29-30H,9,12-16H2,2-4H3/t17-,18-,19+,22-,23+,24+/m0/s1. The van der Waals surface area contributed by atoms with Crippen LogP contribution in [0.2, 0.25) is 0 Å². The minimum atomic E-state index is -1.24. The molecule has 1 aromatic carbocycles. The van der Waals surface area contributed by atoms with Crippen LogP contribution in [-0.4, -0.2) is 40.9 Å². The van der Waals surface area contributed by atoms with Gasteiger partial charge in [0.05, 0.1) is 18.8 Å². The maximum Gasteiger partial charge on any atom is 0.138 e. The van der Waals surface area contributed by atoms with Gasteiger partial charge in [-0.25, -0.2) is 0 Å². The maximum atomic E-state index is 12.6. The highest BCUT2D eigenvalue weighted by atomic mass is 16.5. The topological polar surface area (TPSA) is 116 Å².